The molecule has 4 rings (SSSR count). The van der Waals surface area contributed by atoms with Crippen LogP contribution in [0.15, 0.2) is 84.0 Å². The molecule has 1 amide bonds. The van der Waals surface area contributed by atoms with Gasteiger partial charge in [0.05, 0.1) is 17.9 Å². The third kappa shape index (κ3) is 4.89. The minimum atomic E-state index is -0.393. The maximum Gasteiger partial charge on any atom is 0.240 e. The molecule has 0 aliphatic rings. The van der Waals surface area contributed by atoms with E-state index in [1.807, 2.05) is 90.4 Å². The summed E-state index contributed by atoms with van der Waals surface area (Å²) in [4.78, 5) is 14.8. The zero-order valence-electron chi connectivity index (χ0n) is 18.5. The van der Waals surface area contributed by atoms with E-state index < -0.39 is 5.25 Å². The maximum absolute atomic E-state index is 13.1. The zero-order valence-corrected chi connectivity index (χ0v) is 20.0. The summed E-state index contributed by atoms with van der Waals surface area (Å²) in [7, 11) is 3.40. The summed E-state index contributed by atoms with van der Waals surface area (Å²) in [6.45, 7) is 1.87. The van der Waals surface area contributed by atoms with Gasteiger partial charge >= 0.3 is 0 Å². The highest BCUT2D eigenvalue weighted by Gasteiger charge is 2.25. The van der Waals surface area contributed by atoms with Crippen LogP contribution in [0.25, 0.3) is 17.1 Å². The fraction of sp³-hybridized carbons (Fsp3) is 0.160. The molecule has 0 aliphatic heterocycles. The molecule has 1 atom stereocenters. The molecule has 3 aromatic carbocycles. The smallest absolute Gasteiger partial charge is 0.240 e. The number of ether oxygens (including phenoxy) is 1. The fourth-order valence-corrected chi connectivity index (χ4v) is 4.52. The van der Waals surface area contributed by atoms with E-state index in [1.54, 1.807) is 19.1 Å². The van der Waals surface area contributed by atoms with Gasteiger partial charge in [0.15, 0.2) is 11.0 Å². The lowest BCUT2D eigenvalue weighted by molar-refractivity contribution is -0.117. The molecule has 6 nitrogen and oxygen atoms in total. The standard InChI is InChI=1S/C25H23ClN4O2S/c1-17(24(31)29(2)19-9-5-4-6-10-19)33-25-28-27-23(21-11-7-8-12-22(21)32-3)30(25)20-15-13-18(26)14-16-20/h4-17H,1-3H3. The molecule has 1 heterocycles. The van der Waals surface area contributed by atoms with Crippen LogP contribution in [0.4, 0.5) is 5.69 Å². The number of aromatic nitrogens is 3. The molecule has 8 heteroatoms. The number of benzene rings is 3. The molecule has 0 N–H and O–H groups in total. The SMILES string of the molecule is COc1ccccc1-c1nnc(SC(C)C(=O)N(C)c2ccccc2)n1-c1ccc(Cl)cc1. The van der Waals surface area contributed by atoms with Crippen molar-refractivity contribution in [1.29, 1.82) is 0 Å². The Hall–Kier alpha value is -3.29. The number of para-hydroxylation sites is 2. The normalized spacial score (nSPS) is 11.8. The number of carbonyl (C=O) groups is 1. The second kappa shape index (κ2) is 10.1. The second-order valence-corrected chi connectivity index (χ2v) is 9.06. The number of rotatable bonds is 7. The highest BCUT2D eigenvalue weighted by atomic mass is 35.5. The van der Waals surface area contributed by atoms with Crippen molar-refractivity contribution in [3.63, 3.8) is 0 Å². The van der Waals surface area contributed by atoms with Gasteiger partial charge in [-0.15, -0.1) is 10.2 Å². The van der Waals surface area contributed by atoms with E-state index in [1.165, 1.54) is 11.8 Å². The van der Waals surface area contributed by atoms with E-state index >= 15 is 0 Å². The second-order valence-electron chi connectivity index (χ2n) is 7.31. The lowest BCUT2D eigenvalue weighted by Gasteiger charge is -2.21. The first kappa shape index (κ1) is 22.9. The highest BCUT2D eigenvalue weighted by molar-refractivity contribution is 8.00. The molecule has 0 aliphatic carbocycles. The van der Waals surface area contributed by atoms with Crippen molar-refractivity contribution in [2.45, 2.75) is 17.3 Å². The van der Waals surface area contributed by atoms with E-state index in [4.69, 9.17) is 16.3 Å². The van der Waals surface area contributed by atoms with Crippen molar-refractivity contribution in [1.82, 2.24) is 14.8 Å². The molecule has 0 fully saturated rings. The summed E-state index contributed by atoms with van der Waals surface area (Å²) in [6.07, 6.45) is 0. The predicted molar refractivity (Wildman–Crippen MR) is 134 cm³/mol. The summed E-state index contributed by atoms with van der Waals surface area (Å²) in [5.74, 6) is 1.27. The van der Waals surface area contributed by atoms with Gasteiger partial charge in [0.2, 0.25) is 5.91 Å². The Balaban J connectivity index is 1.72. The van der Waals surface area contributed by atoms with Crippen molar-refractivity contribution >= 4 is 35.0 Å². The topological polar surface area (TPSA) is 60.3 Å². The van der Waals surface area contributed by atoms with Crippen molar-refractivity contribution in [2.24, 2.45) is 0 Å². The number of hydrogen-bond donors (Lipinski definition) is 0. The highest BCUT2D eigenvalue weighted by Crippen LogP contribution is 2.35. The van der Waals surface area contributed by atoms with Crippen molar-refractivity contribution in [2.75, 3.05) is 19.1 Å². The van der Waals surface area contributed by atoms with Gasteiger partial charge in [-0.3, -0.25) is 9.36 Å². The number of carbonyl (C=O) groups excluding carboxylic acids is 1. The van der Waals surface area contributed by atoms with Gasteiger partial charge in [0.1, 0.15) is 5.75 Å². The number of anilines is 1. The summed E-state index contributed by atoms with van der Waals surface area (Å²) < 4.78 is 7.47. The van der Waals surface area contributed by atoms with Gasteiger partial charge in [0, 0.05) is 23.4 Å². The van der Waals surface area contributed by atoms with Crippen LogP contribution in [0, 0.1) is 0 Å². The van der Waals surface area contributed by atoms with E-state index in [-0.39, 0.29) is 5.91 Å². The molecule has 1 aromatic heterocycles. The molecular formula is C25H23ClN4O2S. The van der Waals surface area contributed by atoms with Crippen LogP contribution in [0.3, 0.4) is 0 Å². The molecule has 168 valence electrons. The molecular weight excluding hydrogens is 456 g/mol. The summed E-state index contributed by atoms with van der Waals surface area (Å²) in [5.41, 5.74) is 2.47. The van der Waals surface area contributed by atoms with E-state index in [0.717, 1.165) is 16.9 Å². The summed E-state index contributed by atoms with van der Waals surface area (Å²) in [6, 6.07) is 24.6. The average Bonchev–Trinajstić information content (AvgIpc) is 3.27. The first-order valence-electron chi connectivity index (χ1n) is 10.3. The number of hydrogen-bond acceptors (Lipinski definition) is 5. The number of nitrogens with zero attached hydrogens (tertiary/aromatic N) is 4. The molecule has 0 saturated heterocycles. The molecule has 1 unspecified atom stereocenters. The Labute approximate surface area is 202 Å². The maximum atomic E-state index is 13.1. The van der Waals surface area contributed by atoms with Gasteiger partial charge in [-0.1, -0.05) is 53.7 Å². The first-order valence-corrected chi connectivity index (χ1v) is 11.6. The number of methoxy groups -OCH3 is 1. The van der Waals surface area contributed by atoms with Gasteiger partial charge in [-0.05, 0) is 55.5 Å². The Kier molecular flexibility index (Phi) is 7.01. The van der Waals surface area contributed by atoms with Crippen molar-refractivity contribution in [3.8, 4) is 22.8 Å². The number of thioether (sulfide) groups is 1. The molecule has 0 spiro atoms. The Morgan fingerprint density at radius 2 is 1.67 bits per heavy atom. The van der Waals surface area contributed by atoms with Crippen LogP contribution in [0.5, 0.6) is 5.75 Å². The number of amides is 1. The zero-order chi connectivity index (χ0) is 23.4. The minimum absolute atomic E-state index is 0.0318. The van der Waals surface area contributed by atoms with E-state index in [9.17, 15) is 4.79 Å². The van der Waals surface area contributed by atoms with Gasteiger partial charge in [0.25, 0.3) is 0 Å². The lowest BCUT2D eigenvalue weighted by atomic mass is 10.2. The molecule has 4 aromatic rings. The fourth-order valence-electron chi connectivity index (χ4n) is 3.43. The van der Waals surface area contributed by atoms with Crippen LogP contribution in [-0.4, -0.2) is 40.1 Å². The van der Waals surface area contributed by atoms with Gasteiger partial charge in [-0.2, -0.15) is 0 Å². The third-order valence-corrected chi connectivity index (χ3v) is 6.45. The van der Waals surface area contributed by atoms with Crippen molar-refractivity contribution in [3.05, 3.63) is 83.9 Å². The Bertz CT molecular complexity index is 1250. The Morgan fingerprint density at radius 1 is 1.00 bits per heavy atom. The largest absolute Gasteiger partial charge is 0.496 e. The van der Waals surface area contributed by atoms with Crippen LogP contribution in [0.2, 0.25) is 5.02 Å². The van der Waals surface area contributed by atoms with Crippen LogP contribution in [0.1, 0.15) is 6.92 Å². The Morgan fingerprint density at radius 3 is 2.36 bits per heavy atom. The number of halogens is 1. The predicted octanol–water partition coefficient (Wildman–Crippen LogP) is 5.74. The minimum Gasteiger partial charge on any atom is -0.496 e. The molecule has 0 bridgehead atoms. The lowest BCUT2D eigenvalue weighted by Crippen LogP contribution is -2.33. The van der Waals surface area contributed by atoms with Gasteiger partial charge in [-0.25, -0.2) is 0 Å². The third-order valence-electron chi connectivity index (χ3n) is 5.17. The van der Waals surface area contributed by atoms with Crippen LogP contribution in [-0.2, 0) is 4.79 Å². The molecule has 33 heavy (non-hydrogen) atoms. The summed E-state index contributed by atoms with van der Waals surface area (Å²) >= 11 is 7.47. The summed E-state index contributed by atoms with van der Waals surface area (Å²) in [5, 5.41) is 9.74. The average molecular weight is 479 g/mol. The molecule has 0 radical (unpaired) electrons. The van der Waals surface area contributed by atoms with Crippen LogP contribution < -0.4 is 9.64 Å². The van der Waals surface area contributed by atoms with Gasteiger partial charge < -0.3 is 9.64 Å². The molecule has 0 saturated carbocycles. The first-order chi connectivity index (χ1) is 16.0. The quantitative estimate of drug-likeness (QED) is 0.317. The van der Waals surface area contributed by atoms with E-state index in [2.05, 4.69) is 10.2 Å². The van der Waals surface area contributed by atoms with Crippen molar-refractivity contribution < 1.29 is 9.53 Å². The van der Waals surface area contributed by atoms with Crippen LogP contribution >= 0.6 is 23.4 Å². The monoisotopic (exact) mass is 478 g/mol. The van der Waals surface area contributed by atoms with E-state index in [0.29, 0.717) is 21.8 Å².